The van der Waals surface area contributed by atoms with Gasteiger partial charge in [0.15, 0.2) is 0 Å². The number of hydrogen-bond acceptors (Lipinski definition) is 4. The monoisotopic (exact) mass is 398 g/mol. The average molecular weight is 398 g/mol. The highest BCUT2D eigenvalue weighted by atomic mass is 19.1. The molecule has 5 nitrogen and oxygen atoms in total. The fraction of sp³-hybridized carbons (Fsp3) is 0.435. The fourth-order valence-corrected chi connectivity index (χ4v) is 4.05. The van der Waals surface area contributed by atoms with E-state index in [2.05, 4.69) is 29.2 Å². The predicted molar refractivity (Wildman–Crippen MR) is 108 cm³/mol. The molecule has 2 aliphatic heterocycles. The Morgan fingerprint density at radius 3 is 2.48 bits per heavy atom. The van der Waals surface area contributed by atoms with Crippen LogP contribution in [0.1, 0.15) is 18.4 Å². The second-order valence-corrected chi connectivity index (χ2v) is 7.74. The first-order valence-electron chi connectivity index (χ1n) is 10.2. The normalized spacial score (nSPS) is 21.3. The first-order valence-corrected chi connectivity index (χ1v) is 10.2. The Bertz CT molecular complexity index is 792. The van der Waals surface area contributed by atoms with Crippen LogP contribution in [0, 0.1) is 5.82 Å². The molecule has 0 saturated carbocycles. The van der Waals surface area contributed by atoms with E-state index in [1.165, 1.54) is 17.7 Å². The Labute approximate surface area is 171 Å². The van der Waals surface area contributed by atoms with Gasteiger partial charge in [-0.1, -0.05) is 30.3 Å². The van der Waals surface area contributed by atoms with Crippen LogP contribution < -0.4 is 4.74 Å². The molecule has 2 aromatic carbocycles. The van der Waals surface area contributed by atoms with E-state index in [1.54, 1.807) is 12.1 Å². The van der Waals surface area contributed by atoms with Crippen molar-refractivity contribution in [2.75, 3.05) is 32.8 Å². The van der Waals surface area contributed by atoms with Crippen LogP contribution in [0.2, 0.25) is 0 Å². The summed E-state index contributed by atoms with van der Waals surface area (Å²) in [6.07, 6.45) is 1.79. The molecule has 2 aliphatic rings. The number of likely N-dealkylation sites (tertiary alicyclic amines) is 1. The van der Waals surface area contributed by atoms with Crippen LogP contribution in [0.4, 0.5) is 4.39 Å². The van der Waals surface area contributed by atoms with E-state index in [0.717, 1.165) is 32.5 Å². The van der Waals surface area contributed by atoms with Crippen molar-refractivity contribution in [3.63, 3.8) is 0 Å². The second-order valence-electron chi connectivity index (χ2n) is 7.74. The number of carbonyl (C=O) groups is 1. The predicted octanol–water partition coefficient (Wildman–Crippen LogP) is 3.10. The number of halogens is 1. The third kappa shape index (κ3) is 5.34. The fourth-order valence-electron chi connectivity index (χ4n) is 4.05. The van der Waals surface area contributed by atoms with Gasteiger partial charge in [0.2, 0.25) is 5.91 Å². The molecule has 2 heterocycles. The SMILES string of the molecule is O=C1COC(COc2ccc(F)cc2)CN1C1CCN(Cc2ccccc2)CC1. The Kier molecular flexibility index (Phi) is 6.42. The first-order chi connectivity index (χ1) is 14.2. The lowest BCUT2D eigenvalue weighted by Gasteiger charge is -2.42. The zero-order valence-electron chi connectivity index (χ0n) is 16.5. The minimum absolute atomic E-state index is 0.0598. The Morgan fingerprint density at radius 2 is 1.76 bits per heavy atom. The number of piperidine rings is 1. The maximum Gasteiger partial charge on any atom is 0.248 e. The second kappa shape index (κ2) is 9.37. The summed E-state index contributed by atoms with van der Waals surface area (Å²) in [6.45, 7) is 3.92. The lowest BCUT2D eigenvalue weighted by molar-refractivity contribution is -0.155. The molecule has 0 radical (unpaired) electrons. The molecule has 1 atom stereocenters. The van der Waals surface area contributed by atoms with Crippen molar-refractivity contribution >= 4 is 5.91 Å². The van der Waals surface area contributed by atoms with Crippen LogP contribution in [-0.2, 0) is 16.1 Å². The summed E-state index contributed by atoms with van der Waals surface area (Å²) in [6, 6.07) is 16.7. The summed E-state index contributed by atoms with van der Waals surface area (Å²) in [5.74, 6) is 0.374. The standard InChI is InChI=1S/C23H27FN2O3/c24-19-6-8-21(9-7-19)28-16-22-15-26(23(27)17-29-22)20-10-12-25(13-11-20)14-18-4-2-1-3-5-18/h1-9,20,22H,10-17H2. The summed E-state index contributed by atoms with van der Waals surface area (Å²) < 4.78 is 24.4. The highest BCUT2D eigenvalue weighted by molar-refractivity contribution is 5.78. The van der Waals surface area contributed by atoms with Crippen LogP contribution in [0.3, 0.4) is 0 Å². The number of morpholine rings is 1. The summed E-state index contributed by atoms with van der Waals surface area (Å²) in [5, 5.41) is 0. The van der Waals surface area contributed by atoms with Crippen LogP contribution in [0.15, 0.2) is 54.6 Å². The molecule has 0 aliphatic carbocycles. The highest BCUT2D eigenvalue weighted by Gasteiger charge is 2.33. The van der Waals surface area contributed by atoms with Gasteiger partial charge in [-0.3, -0.25) is 9.69 Å². The Balaban J connectivity index is 1.26. The quantitative estimate of drug-likeness (QED) is 0.750. The molecule has 0 bridgehead atoms. The topological polar surface area (TPSA) is 42.0 Å². The van der Waals surface area contributed by atoms with Crippen molar-refractivity contribution < 1.29 is 18.7 Å². The summed E-state index contributed by atoms with van der Waals surface area (Å²) in [4.78, 5) is 16.9. The third-order valence-corrected chi connectivity index (χ3v) is 5.66. The maximum absolute atomic E-state index is 13.0. The number of benzene rings is 2. The zero-order valence-corrected chi connectivity index (χ0v) is 16.5. The van der Waals surface area contributed by atoms with Crippen LogP contribution >= 0.6 is 0 Å². The van der Waals surface area contributed by atoms with Crippen molar-refractivity contribution in [2.24, 2.45) is 0 Å². The van der Waals surface area contributed by atoms with Gasteiger partial charge in [0.05, 0.1) is 6.54 Å². The minimum atomic E-state index is -0.290. The molecule has 6 heteroatoms. The lowest BCUT2D eigenvalue weighted by atomic mass is 10.0. The van der Waals surface area contributed by atoms with Crippen LogP contribution in [0.25, 0.3) is 0 Å². The van der Waals surface area contributed by atoms with E-state index in [-0.39, 0.29) is 30.5 Å². The van der Waals surface area contributed by atoms with Crippen molar-refractivity contribution in [3.05, 3.63) is 66.0 Å². The molecule has 0 spiro atoms. The molecule has 1 unspecified atom stereocenters. The van der Waals surface area contributed by atoms with Crippen molar-refractivity contribution in [2.45, 2.75) is 31.5 Å². The van der Waals surface area contributed by atoms with Gasteiger partial charge in [-0.15, -0.1) is 0 Å². The van der Waals surface area contributed by atoms with Crippen molar-refractivity contribution in [3.8, 4) is 5.75 Å². The average Bonchev–Trinajstić information content (AvgIpc) is 2.76. The maximum atomic E-state index is 13.0. The van der Waals surface area contributed by atoms with Gasteiger partial charge in [-0.2, -0.15) is 0 Å². The number of carbonyl (C=O) groups excluding carboxylic acids is 1. The third-order valence-electron chi connectivity index (χ3n) is 5.66. The summed E-state index contributed by atoms with van der Waals surface area (Å²) in [5.41, 5.74) is 1.33. The highest BCUT2D eigenvalue weighted by Crippen LogP contribution is 2.22. The number of amides is 1. The van der Waals surface area contributed by atoms with Crippen LogP contribution in [-0.4, -0.2) is 60.7 Å². The van der Waals surface area contributed by atoms with E-state index in [9.17, 15) is 9.18 Å². The van der Waals surface area contributed by atoms with Gasteiger partial charge in [0.1, 0.15) is 30.9 Å². The van der Waals surface area contributed by atoms with E-state index in [4.69, 9.17) is 9.47 Å². The molecule has 0 aromatic heterocycles. The van der Waals surface area contributed by atoms with Crippen molar-refractivity contribution in [1.29, 1.82) is 0 Å². The number of hydrogen-bond donors (Lipinski definition) is 0. The molecule has 0 N–H and O–H groups in total. The smallest absolute Gasteiger partial charge is 0.248 e. The largest absolute Gasteiger partial charge is 0.491 e. The molecule has 2 aromatic rings. The summed E-state index contributed by atoms with van der Waals surface area (Å²) in [7, 11) is 0. The minimum Gasteiger partial charge on any atom is -0.491 e. The molecular weight excluding hydrogens is 371 g/mol. The molecule has 2 fully saturated rings. The summed E-state index contributed by atoms with van der Waals surface area (Å²) >= 11 is 0. The van der Waals surface area contributed by atoms with E-state index >= 15 is 0 Å². The molecule has 154 valence electrons. The number of nitrogens with zero attached hydrogens (tertiary/aromatic N) is 2. The molecule has 29 heavy (non-hydrogen) atoms. The van der Waals surface area contributed by atoms with Gasteiger partial charge >= 0.3 is 0 Å². The van der Waals surface area contributed by atoms with Crippen LogP contribution in [0.5, 0.6) is 5.75 Å². The van der Waals surface area contributed by atoms with E-state index < -0.39 is 0 Å². The molecule has 2 saturated heterocycles. The number of rotatable bonds is 6. The van der Waals surface area contributed by atoms with Gasteiger partial charge in [-0.25, -0.2) is 4.39 Å². The molecule has 4 rings (SSSR count). The Morgan fingerprint density at radius 1 is 1.03 bits per heavy atom. The number of ether oxygens (including phenoxy) is 2. The van der Waals surface area contributed by atoms with Gasteiger partial charge < -0.3 is 14.4 Å². The molecule has 1 amide bonds. The Hall–Kier alpha value is -2.44. The van der Waals surface area contributed by atoms with Gasteiger partial charge in [0, 0.05) is 25.7 Å². The lowest BCUT2D eigenvalue weighted by Crippen LogP contribution is -2.55. The van der Waals surface area contributed by atoms with E-state index in [1.807, 2.05) is 11.0 Å². The van der Waals surface area contributed by atoms with Crippen molar-refractivity contribution in [1.82, 2.24) is 9.80 Å². The van der Waals surface area contributed by atoms with Gasteiger partial charge in [-0.05, 0) is 42.7 Å². The first kappa shape index (κ1) is 19.9. The van der Waals surface area contributed by atoms with Gasteiger partial charge in [0.25, 0.3) is 0 Å². The molecular formula is C23H27FN2O3. The van der Waals surface area contributed by atoms with E-state index in [0.29, 0.717) is 18.9 Å². The zero-order chi connectivity index (χ0) is 20.1.